The van der Waals surface area contributed by atoms with Crippen molar-refractivity contribution in [2.45, 2.75) is 6.54 Å². The number of thiazole rings is 1. The van der Waals surface area contributed by atoms with Gasteiger partial charge in [-0.2, -0.15) is 8.42 Å². The summed E-state index contributed by atoms with van der Waals surface area (Å²) in [4.78, 5) is 29.7. The summed E-state index contributed by atoms with van der Waals surface area (Å²) in [6.45, 7) is 8.13. The molecule has 0 amide bonds. The summed E-state index contributed by atoms with van der Waals surface area (Å²) in [5.74, 6) is 1.72. The van der Waals surface area contributed by atoms with Crippen LogP contribution in [0.25, 0.3) is 21.7 Å². The number of piperazine rings is 1. The summed E-state index contributed by atoms with van der Waals surface area (Å²) in [5.41, 5.74) is 7.10. The minimum Gasteiger partial charge on any atom is -0.378 e. The second kappa shape index (κ2) is 11.0. The monoisotopic (exact) mass is 491 g/mol. The summed E-state index contributed by atoms with van der Waals surface area (Å²) in [6, 6.07) is 0. The number of anilines is 2. The van der Waals surface area contributed by atoms with Crippen molar-refractivity contribution in [3.8, 4) is 11.4 Å². The summed E-state index contributed by atoms with van der Waals surface area (Å²) < 4.78 is 23.1. The van der Waals surface area contributed by atoms with Crippen molar-refractivity contribution in [2.24, 2.45) is 0 Å². The third-order valence-electron chi connectivity index (χ3n) is 5.48. The van der Waals surface area contributed by atoms with Gasteiger partial charge in [-0.15, -0.1) is 11.3 Å². The van der Waals surface area contributed by atoms with Crippen LogP contribution in [0.1, 0.15) is 5.01 Å². The maximum atomic E-state index is 8.29. The minimum absolute atomic E-state index is 0.233. The van der Waals surface area contributed by atoms with E-state index in [4.69, 9.17) is 33.8 Å². The zero-order chi connectivity index (χ0) is 23.2. The van der Waals surface area contributed by atoms with E-state index in [1.807, 2.05) is 0 Å². The molecule has 2 saturated heterocycles. The van der Waals surface area contributed by atoms with Crippen molar-refractivity contribution in [3.05, 3.63) is 17.4 Å². The van der Waals surface area contributed by atoms with Gasteiger partial charge in [0, 0.05) is 51.7 Å². The Morgan fingerprint density at radius 3 is 2.36 bits per heavy atom. The van der Waals surface area contributed by atoms with Crippen LogP contribution in [0.3, 0.4) is 0 Å². The lowest BCUT2D eigenvalue weighted by Gasteiger charge is -2.31. The predicted molar refractivity (Wildman–Crippen MR) is 125 cm³/mol. The molecular weight excluding hydrogens is 466 g/mol. The molecule has 3 aromatic rings. The van der Waals surface area contributed by atoms with E-state index >= 15 is 0 Å². The summed E-state index contributed by atoms with van der Waals surface area (Å²) in [7, 11) is 2.17. The van der Waals surface area contributed by atoms with E-state index in [1.54, 1.807) is 23.7 Å². The van der Waals surface area contributed by atoms with Crippen LogP contribution >= 0.6 is 11.3 Å². The average Bonchev–Trinajstić information content (AvgIpc) is 3.24. The number of aromatic nitrogens is 5. The Balaban J connectivity index is 0.000000821. The molecule has 0 atom stereocenters. The minimum atomic E-state index is -0.750. The van der Waals surface area contributed by atoms with E-state index in [9.17, 15) is 0 Å². The Labute approximate surface area is 198 Å². The summed E-state index contributed by atoms with van der Waals surface area (Å²) in [5, 5.41) is 1.07. The van der Waals surface area contributed by atoms with Crippen LogP contribution in [0, 0.1) is 0 Å². The smallest absolute Gasteiger partial charge is 0.335 e. The first-order chi connectivity index (χ1) is 16.1. The van der Waals surface area contributed by atoms with Crippen molar-refractivity contribution in [2.75, 3.05) is 70.2 Å². The van der Waals surface area contributed by atoms with Crippen molar-refractivity contribution < 1.29 is 13.2 Å². The maximum Gasteiger partial charge on any atom is 0.335 e. The van der Waals surface area contributed by atoms with Crippen LogP contribution in [0.2, 0.25) is 0 Å². The number of morpholine rings is 1. The molecule has 12 nitrogen and oxygen atoms in total. The molecule has 2 aliphatic rings. The van der Waals surface area contributed by atoms with Gasteiger partial charge in [0.2, 0.25) is 5.95 Å². The SMILES string of the molecule is CN1CCN(Cc2nc3nc(-c4cnc(N)nc4)nc(N4CCOCC4)c3s2)CC1.O=S=O. The summed E-state index contributed by atoms with van der Waals surface area (Å²) in [6.07, 6.45) is 3.31. The Bertz CT molecular complexity index is 1110. The molecule has 2 aliphatic heterocycles. The van der Waals surface area contributed by atoms with Gasteiger partial charge in [0.1, 0.15) is 9.71 Å². The van der Waals surface area contributed by atoms with Crippen LogP contribution in [0.4, 0.5) is 11.8 Å². The number of ether oxygens (including phenoxy) is 1. The largest absolute Gasteiger partial charge is 0.378 e. The molecule has 0 saturated carbocycles. The third-order valence-corrected chi connectivity index (χ3v) is 6.50. The molecular formula is C19H25N9O3S2. The fraction of sp³-hybridized carbons (Fsp3) is 0.526. The van der Waals surface area contributed by atoms with Crippen LogP contribution < -0.4 is 10.6 Å². The van der Waals surface area contributed by atoms with E-state index in [2.05, 4.69) is 31.7 Å². The molecule has 0 unspecified atom stereocenters. The Hall–Kier alpha value is -2.65. The molecule has 5 rings (SSSR count). The van der Waals surface area contributed by atoms with Gasteiger partial charge >= 0.3 is 11.6 Å². The summed E-state index contributed by atoms with van der Waals surface area (Å²) >= 11 is 0.943. The highest BCUT2D eigenvalue weighted by molar-refractivity contribution is 7.51. The van der Waals surface area contributed by atoms with Crippen LogP contribution in [-0.4, -0.2) is 103 Å². The van der Waals surface area contributed by atoms with Crippen LogP contribution in [0.5, 0.6) is 0 Å². The van der Waals surface area contributed by atoms with E-state index in [0.717, 1.165) is 72.5 Å². The van der Waals surface area contributed by atoms with Gasteiger partial charge in [-0.05, 0) is 7.05 Å². The Morgan fingerprint density at radius 2 is 1.70 bits per heavy atom. The van der Waals surface area contributed by atoms with E-state index in [1.165, 1.54) is 0 Å². The number of hydrogen-bond donors (Lipinski definition) is 1. The van der Waals surface area contributed by atoms with Gasteiger partial charge in [0.25, 0.3) is 0 Å². The molecule has 176 valence electrons. The lowest BCUT2D eigenvalue weighted by atomic mass is 10.3. The zero-order valence-electron chi connectivity index (χ0n) is 18.2. The standard InChI is InChI=1S/C19H25N9OS.O2S/c1-26-2-4-27(5-3-26)12-14-23-17-15(30-14)18(28-6-8-29-9-7-28)25-16(24-17)13-10-21-19(20)22-11-13;1-3-2/h10-11H,2-9,12H2,1H3,(H2,20,21,22);. The second-order valence-electron chi connectivity index (χ2n) is 7.71. The van der Waals surface area contributed by atoms with Crippen molar-refractivity contribution in [1.82, 2.24) is 34.7 Å². The molecule has 33 heavy (non-hydrogen) atoms. The molecule has 0 aliphatic carbocycles. The highest BCUT2D eigenvalue weighted by Crippen LogP contribution is 2.33. The van der Waals surface area contributed by atoms with Gasteiger partial charge in [-0.3, -0.25) is 4.90 Å². The quantitative estimate of drug-likeness (QED) is 0.526. The van der Waals surface area contributed by atoms with Crippen molar-refractivity contribution in [3.63, 3.8) is 0 Å². The van der Waals surface area contributed by atoms with E-state index in [-0.39, 0.29) is 5.95 Å². The zero-order valence-corrected chi connectivity index (χ0v) is 19.8. The lowest BCUT2D eigenvalue weighted by Crippen LogP contribution is -2.43. The third kappa shape index (κ3) is 5.83. The van der Waals surface area contributed by atoms with E-state index < -0.39 is 11.6 Å². The van der Waals surface area contributed by atoms with Gasteiger partial charge < -0.3 is 20.3 Å². The normalized spacial score (nSPS) is 17.5. The molecule has 0 radical (unpaired) electrons. The Kier molecular flexibility index (Phi) is 7.82. The fourth-order valence-electron chi connectivity index (χ4n) is 3.69. The van der Waals surface area contributed by atoms with Gasteiger partial charge in [-0.25, -0.2) is 24.9 Å². The molecule has 5 heterocycles. The first-order valence-electron chi connectivity index (χ1n) is 10.5. The van der Waals surface area contributed by atoms with Crippen LogP contribution in [0.15, 0.2) is 12.4 Å². The van der Waals surface area contributed by atoms with Gasteiger partial charge in [0.15, 0.2) is 17.3 Å². The number of nitrogens with zero attached hydrogens (tertiary/aromatic N) is 8. The topological polar surface area (TPSA) is 144 Å². The molecule has 0 aromatic carbocycles. The van der Waals surface area contributed by atoms with Gasteiger partial charge in [0.05, 0.1) is 25.3 Å². The van der Waals surface area contributed by atoms with Crippen molar-refractivity contribution >= 4 is 45.0 Å². The highest BCUT2D eigenvalue weighted by Gasteiger charge is 2.22. The maximum absolute atomic E-state index is 8.29. The first kappa shape index (κ1) is 23.5. The number of likely N-dealkylation sites (N-methyl/N-ethyl adjacent to an activating group) is 1. The lowest BCUT2D eigenvalue weighted by molar-refractivity contribution is 0.122. The molecule has 3 aromatic heterocycles. The first-order valence-corrected chi connectivity index (χ1v) is 12.0. The number of nitrogens with two attached hydrogens (primary N) is 1. The number of rotatable bonds is 4. The number of fused-ring (bicyclic) bond motifs is 1. The second-order valence-corrected chi connectivity index (χ2v) is 8.93. The number of nitrogen functional groups attached to an aromatic ring is 1. The molecule has 0 spiro atoms. The van der Waals surface area contributed by atoms with Crippen molar-refractivity contribution in [1.29, 1.82) is 0 Å². The van der Waals surface area contributed by atoms with E-state index in [0.29, 0.717) is 19.0 Å². The average molecular weight is 492 g/mol. The predicted octanol–water partition coefficient (Wildman–Crippen LogP) is 0.0393. The highest BCUT2D eigenvalue weighted by atomic mass is 32.1. The molecule has 2 N–H and O–H groups in total. The molecule has 14 heteroatoms. The molecule has 0 bridgehead atoms. The van der Waals surface area contributed by atoms with Crippen LogP contribution in [-0.2, 0) is 22.9 Å². The van der Waals surface area contributed by atoms with Gasteiger partial charge in [-0.1, -0.05) is 0 Å². The fourth-order valence-corrected chi connectivity index (χ4v) is 4.75. The Morgan fingerprint density at radius 1 is 1.03 bits per heavy atom. The number of hydrogen-bond acceptors (Lipinski definition) is 13. The molecule has 2 fully saturated rings.